The van der Waals surface area contributed by atoms with Crippen molar-refractivity contribution in [2.24, 2.45) is 11.8 Å². The summed E-state index contributed by atoms with van der Waals surface area (Å²) in [7, 11) is 1.64. The van der Waals surface area contributed by atoms with Gasteiger partial charge in [0.2, 0.25) is 0 Å². The molecular weight excluding hydrogens is 302 g/mol. The number of hydrogen-bond acceptors (Lipinski definition) is 3. The molecule has 1 heterocycles. The van der Waals surface area contributed by atoms with Gasteiger partial charge in [0, 0.05) is 31.7 Å². The van der Waals surface area contributed by atoms with E-state index in [0.717, 1.165) is 36.1 Å². The van der Waals surface area contributed by atoms with Crippen molar-refractivity contribution < 1.29 is 9.53 Å². The molecule has 0 unspecified atom stereocenters. The van der Waals surface area contributed by atoms with Gasteiger partial charge in [-0.15, -0.1) is 0 Å². The molecule has 0 bridgehead atoms. The number of carbonyl (C=O) groups is 1. The third kappa shape index (κ3) is 6.04. The molecule has 24 heavy (non-hydrogen) atoms. The third-order valence-electron chi connectivity index (χ3n) is 4.51. The van der Waals surface area contributed by atoms with Crippen LogP contribution in [-0.2, 0) is 6.54 Å². The number of benzene rings is 1. The predicted octanol–water partition coefficient (Wildman–Crippen LogP) is 2.86. The second kappa shape index (κ2) is 9.52. The maximum atomic E-state index is 11.9. The fraction of sp³-hybridized carbons (Fsp3) is 0.632. The Hall–Kier alpha value is -1.75. The van der Waals surface area contributed by atoms with Crippen molar-refractivity contribution >= 4 is 6.03 Å². The van der Waals surface area contributed by atoms with E-state index in [0.29, 0.717) is 13.1 Å². The van der Waals surface area contributed by atoms with E-state index >= 15 is 0 Å². The SMILES string of the molecule is COc1ccccc1CNC(=O)NCCCN1C[C@H](C)C[C@@H](C)C1. The lowest BCUT2D eigenvalue weighted by molar-refractivity contribution is 0.139. The number of likely N-dealkylation sites (tertiary alicyclic amines) is 1. The fourth-order valence-electron chi connectivity index (χ4n) is 3.57. The summed E-state index contributed by atoms with van der Waals surface area (Å²) >= 11 is 0. The van der Waals surface area contributed by atoms with E-state index in [1.54, 1.807) is 7.11 Å². The number of para-hydroxylation sites is 1. The first-order valence-electron chi connectivity index (χ1n) is 8.94. The van der Waals surface area contributed by atoms with Gasteiger partial charge in [0.15, 0.2) is 0 Å². The molecule has 2 amide bonds. The lowest BCUT2D eigenvalue weighted by Gasteiger charge is -2.34. The Morgan fingerprint density at radius 3 is 2.62 bits per heavy atom. The van der Waals surface area contributed by atoms with Gasteiger partial charge in [-0.1, -0.05) is 32.0 Å². The van der Waals surface area contributed by atoms with E-state index in [-0.39, 0.29) is 6.03 Å². The fourth-order valence-corrected chi connectivity index (χ4v) is 3.57. The summed E-state index contributed by atoms with van der Waals surface area (Å²) in [5, 5.41) is 5.82. The molecule has 1 saturated heterocycles. The minimum atomic E-state index is -0.124. The molecule has 5 nitrogen and oxygen atoms in total. The Morgan fingerprint density at radius 2 is 1.92 bits per heavy atom. The molecule has 0 saturated carbocycles. The van der Waals surface area contributed by atoms with Gasteiger partial charge in [-0.25, -0.2) is 4.79 Å². The van der Waals surface area contributed by atoms with Gasteiger partial charge in [0.05, 0.1) is 7.11 Å². The third-order valence-corrected chi connectivity index (χ3v) is 4.51. The average Bonchev–Trinajstić information content (AvgIpc) is 2.56. The Kier molecular flexibility index (Phi) is 7.37. The van der Waals surface area contributed by atoms with Crippen molar-refractivity contribution in [3.8, 4) is 5.75 Å². The maximum Gasteiger partial charge on any atom is 0.315 e. The van der Waals surface area contributed by atoms with Gasteiger partial charge in [-0.2, -0.15) is 0 Å². The highest BCUT2D eigenvalue weighted by Gasteiger charge is 2.20. The minimum absolute atomic E-state index is 0.124. The molecule has 0 aromatic heterocycles. The first-order chi connectivity index (χ1) is 11.6. The maximum absolute atomic E-state index is 11.9. The van der Waals surface area contributed by atoms with Crippen LogP contribution in [0.3, 0.4) is 0 Å². The molecule has 5 heteroatoms. The molecule has 1 fully saturated rings. The molecule has 2 atom stereocenters. The summed E-state index contributed by atoms with van der Waals surface area (Å²) in [4.78, 5) is 14.4. The molecule has 0 spiro atoms. The second-order valence-electron chi connectivity index (χ2n) is 6.98. The topological polar surface area (TPSA) is 53.6 Å². The van der Waals surface area contributed by atoms with E-state index < -0.39 is 0 Å². The largest absolute Gasteiger partial charge is 0.496 e. The number of amides is 2. The van der Waals surface area contributed by atoms with Gasteiger partial charge in [0.1, 0.15) is 5.75 Å². The van der Waals surface area contributed by atoms with Crippen LogP contribution in [-0.4, -0.2) is 44.2 Å². The number of rotatable bonds is 7. The standard InChI is InChI=1S/C19H31N3O2/c1-15-11-16(2)14-22(13-15)10-6-9-20-19(23)21-12-17-7-4-5-8-18(17)24-3/h4-5,7-8,15-16H,6,9-14H2,1-3H3,(H2,20,21,23)/t15-,16-/m1/s1. The van der Waals surface area contributed by atoms with Gasteiger partial charge in [0.25, 0.3) is 0 Å². The molecule has 1 aromatic rings. The smallest absolute Gasteiger partial charge is 0.315 e. The monoisotopic (exact) mass is 333 g/mol. The quantitative estimate of drug-likeness (QED) is 0.755. The van der Waals surface area contributed by atoms with Crippen LogP contribution in [0, 0.1) is 11.8 Å². The number of hydrogen-bond donors (Lipinski definition) is 2. The van der Waals surface area contributed by atoms with Crippen LogP contribution in [0.4, 0.5) is 4.79 Å². The van der Waals surface area contributed by atoms with E-state index in [2.05, 4.69) is 29.4 Å². The van der Waals surface area contributed by atoms with Gasteiger partial charge < -0.3 is 20.3 Å². The first-order valence-corrected chi connectivity index (χ1v) is 8.94. The highest BCUT2D eigenvalue weighted by Crippen LogP contribution is 2.20. The normalized spacial score (nSPS) is 21.3. The van der Waals surface area contributed by atoms with Crippen molar-refractivity contribution in [2.75, 3.05) is 33.3 Å². The summed E-state index contributed by atoms with van der Waals surface area (Å²) in [5.41, 5.74) is 0.978. The van der Waals surface area contributed by atoms with Crippen LogP contribution >= 0.6 is 0 Å². The molecule has 134 valence electrons. The van der Waals surface area contributed by atoms with Crippen LogP contribution in [0.2, 0.25) is 0 Å². The lowest BCUT2D eigenvalue weighted by Crippen LogP contribution is -2.41. The highest BCUT2D eigenvalue weighted by atomic mass is 16.5. The Labute approximate surface area is 145 Å². The molecule has 1 aliphatic heterocycles. The number of urea groups is 1. The van der Waals surface area contributed by atoms with Crippen molar-refractivity contribution in [2.45, 2.75) is 33.2 Å². The molecule has 0 radical (unpaired) electrons. The molecule has 0 aliphatic carbocycles. The predicted molar refractivity (Wildman–Crippen MR) is 97.2 cm³/mol. The van der Waals surface area contributed by atoms with Crippen LogP contribution in [0.15, 0.2) is 24.3 Å². The summed E-state index contributed by atoms with van der Waals surface area (Å²) in [6.07, 6.45) is 2.32. The Morgan fingerprint density at radius 1 is 1.21 bits per heavy atom. The lowest BCUT2D eigenvalue weighted by atomic mass is 9.92. The summed E-state index contributed by atoms with van der Waals surface area (Å²) in [6, 6.07) is 7.59. The minimum Gasteiger partial charge on any atom is -0.496 e. The van der Waals surface area contributed by atoms with E-state index in [9.17, 15) is 4.79 Å². The van der Waals surface area contributed by atoms with E-state index in [1.165, 1.54) is 19.5 Å². The van der Waals surface area contributed by atoms with Crippen molar-refractivity contribution in [3.05, 3.63) is 29.8 Å². The van der Waals surface area contributed by atoms with E-state index in [4.69, 9.17) is 4.74 Å². The average molecular weight is 333 g/mol. The van der Waals surface area contributed by atoms with Crippen molar-refractivity contribution in [3.63, 3.8) is 0 Å². The zero-order chi connectivity index (χ0) is 17.4. The molecule has 2 N–H and O–H groups in total. The number of carbonyl (C=O) groups excluding carboxylic acids is 1. The number of methoxy groups -OCH3 is 1. The van der Waals surface area contributed by atoms with Gasteiger partial charge in [-0.3, -0.25) is 0 Å². The first kappa shape index (κ1) is 18.6. The van der Waals surface area contributed by atoms with E-state index in [1.807, 2.05) is 24.3 Å². The number of ether oxygens (including phenoxy) is 1. The number of piperidine rings is 1. The number of nitrogens with one attached hydrogen (secondary N) is 2. The molecule has 2 rings (SSSR count). The molecule has 1 aromatic carbocycles. The van der Waals surface area contributed by atoms with Crippen LogP contribution in [0.25, 0.3) is 0 Å². The summed E-state index contributed by atoms with van der Waals surface area (Å²) in [6.45, 7) is 9.25. The number of nitrogens with zero attached hydrogens (tertiary/aromatic N) is 1. The summed E-state index contributed by atoms with van der Waals surface area (Å²) in [5.74, 6) is 2.36. The zero-order valence-corrected chi connectivity index (χ0v) is 15.2. The van der Waals surface area contributed by atoms with Crippen molar-refractivity contribution in [1.29, 1.82) is 0 Å². The zero-order valence-electron chi connectivity index (χ0n) is 15.2. The van der Waals surface area contributed by atoms with Crippen LogP contribution in [0.5, 0.6) is 5.75 Å². The Balaban J connectivity index is 1.61. The molecular formula is C19H31N3O2. The van der Waals surface area contributed by atoms with Gasteiger partial charge in [-0.05, 0) is 37.3 Å². The summed E-state index contributed by atoms with van der Waals surface area (Å²) < 4.78 is 5.28. The van der Waals surface area contributed by atoms with Crippen molar-refractivity contribution in [1.82, 2.24) is 15.5 Å². The second-order valence-corrected chi connectivity index (χ2v) is 6.98. The Bertz CT molecular complexity index is 511. The van der Waals surface area contributed by atoms with Gasteiger partial charge >= 0.3 is 6.03 Å². The highest BCUT2D eigenvalue weighted by molar-refractivity contribution is 5.73. The van der Waals surface area contributed by atoms with Crippen LogP contribution in [0.1, 0.15) is 32.3 Å². The van der Waals surface area contributed by atoms with Crippen LogP contribution < -0.4 is 15.4 Å². The molecule has 1 aliphatic rings.